The highest BCUT2D eigenvalue weighted by molar-refractivity contribution is 7.86. The molecular weight excluding hydrogens is 448 g/mol. The van der Waals surface area contributed by atoms with Crippen molar-refractivity contribution in [3.05, 3.63) is 65.2 Å². The van der Waals surface area contributed by atoms with Crippen molar-refractivity contribution in [1.29, 1.82) is 0 Å². The summed E-state index contributed by atoms with van der Waals surface area (Å²) >= 11 is 0. The molecule has 0 bridgehead atoms. The Hall–Kier alpha value is -1.73. The zero-order valence-electron chi connectivity index (χ0n) is 22.0. The minimum atomic E-state index is -3.66. The number of benzene rings is 2. The maximum Gasteiger partial charge on any atom is 0.297 e. The van der Waals surface area contributed by atoms with Gasteiger partial charge >= 0.3 is 0 Å². The summed E-state index contributed by atoms with van der Waals surface area (Å²) in [5.41, 5.74) is 4.00. The fraction of sp³-hybridized carbons (Fsp3) is 0.571. The number of rotatable bonds is 13. The lowest BCUT2D eigenvalue weighted by atomic mass is 9.95. The summed E-state index contributed by atoms with van der Waals surface area (Å²) in [6.45, 7) is 12.1. The lowest BCUT2D eigenvalue weighted by molar-refractivity contribution is 0.149. The van der Waals surface area contributed by atoms with E-state index in [2.05, 4.69) is 58.9 Å². The van der Waals surface area contributed by atoms with Gasteiger partial charge in [0.1, 0.15) is 0 Å². The van der Waals surface area contributed by atoms with E-state index in [1.165, 1.54) is 24.7 Å². The first-order valence-electron chi connectivity index (χ1n) is 12.2. The number of methoxy groups -OCH3 is 2. The standard InChI is InChI=1S/C15H24O.C13H20O4S/c1-5-13(3)15-8-6-14(7-9-15)10-12(2)11-16-4;1-4-11(2)12-5-7-13(8-6-12)18(14,15)17-10-9-16-3/h6-9,12-13H,5,10-11H2,1-4H3;5-8,11H,4,9-10H2,1-3H3. The van der Waals surface area contributed by atoms with Gasteiger partial charge in [-0.3, -0.25) is 4.18 Å². The third kappa shape index (κ3) is 10.7. The van der Waals surface area contributed by atoms with Crippen LogP contribution in [0.2, 0.25) is 0 Å². The first kappa shape index (κ1) is 30.3. The van der Waals surface area contributed by atoms with Crippen LogP contribution in [0.5, 0.6) is 0 Å². The molecule has 2 rings (SSSR count). The van der Waals surface area contributed by atoms with Gasteiger partial charge in [-0.1, -0.05) is 71.0 Å². The Balaban J connectivity index is 0.000000342. The van der Waals surface area contributed by atoms with Gasteiger partial charge in [-0.05, 0) is 65.8 Å². The van der Waals surface area contributed by atoms with Gasteiger partial charge in [0, 0.05) is 20.8 Å². The molecule has 0 saturated carbocycles. The smallest absolute Gasteiger partial charge is 0.297 e. The van der Waals surface area contributed by atoms with Crippen LogP contribution in [0, 0.1) is 5.92 Å². The molecule has 0 aliphatic heterocycles. The molecule has 0 fully saturated rings. The maximum absolute atomic E-state index is 11.8. The summed E-state index contributed by atoms with van der Waals surface area (Å²) in [4.78, 5) is 0.186. The van der Waals surface area contributed by atoms with Gasteiger partial charge in [0.25, 0.3) is 10.1 Å². The van der Waals surface area contributed by atoms with Gasteiger partial charge in [0.15, 0.2) is 0 Å². The van der Waals surface area contributed by atoms with Crippen molar-refractivity contribution in [1.82, 2.24) is 0 Å². The highest BCUT2D eigenvalue weighted by Gasteiger charge is 2.15. The van der Waals surface area contributed by atoms with Gasteiger partial charge in [0.2, 0.25) is 0 Å². The Kier molecular flexibility index (Phi) is 14.3. The molecule has 2 aromatic rings. The highest BCUT2D eigenvalue weighted by atomic mass is 32.2. The van der Waals surface area contributed by atoms with Crippen LogP contribution in [0.4, 0.5) is 0 Å². The SMILES string of the molecule is CCC(C)c1ccc(CC(C)COC)cc1.CCC(C)c1ccc(S(=O)(=O)OCCOC)cc1. The quantitative estimate of drug-likeness (QED) is 0.233. The topological polar surface area (TPSA) is 61.8 Å². The predicted molar refractivity (Wildman–Crippen MR) is 140 cm³/mol. The molecule has 3 unspecified atom stereocenters. The van der Waals surface area contributed by atoms with Crippen LogP contribution in [0.1, 0.15) is 76.0 Å². The summed E-state index contributed by atoms with van der Waals surface area (Å²) in [5.74, 6) is 1.70. The number of ether oxygens (including phenoxy) is 2. The van der Waals surface area contributed by atoms with Crippen LogP contribution < -0.4 is 0 Å². The second kappa shape index (κ2) is 16.0. The van der Waals surface area contributed by atoms with E-state index in [9.17, 15) is 8.42 Å². The maximum atomic E-state index is 11.8. The zero-order valence-corrected chi connectivity index (χ0v) is 22.9. The summed E-state index contributed by atoms with van der Waals surface area (Å²) < 4.78 is 38.3. The average Bonchev–Trinajstić information content (AvgIpc) is 2.84. The van der Waals surface area contributed by atoms with E-state index in [1.54, 1.807) is 19.2 Å². The number of hydrogen-bond acceptors (Lipinski definition) is 5. The van der Waals surface area contributed by atoms with E-state index in [0.29, 0.717) is 17.8 Å². The molecule has 192 valence electrons. The van der Waals surface area contributed by atoms with E-state index >= 15 is 0 Å². The Morgan fingerprint density at radius 2 is 1.24 bits per heavy atom. The van der Waals surface area contributed by atoms with Crippen LogP contribution in [0.25, 0.3) is 0 Å². The highest BCUT2D eigenvalue weighted by Crippen LogP contribution is 2.21. The largest absolute Gasteiger partial charge is 0.384 e. The van der Waals surface area contributed by atoms with Gasteiger partial charge < -0.3 is 9.47 Å². The first-order chi connectivity index (χ1) is 16.2. The van der Waals surface area contributed by atoms with Gasteiger partial charge in [0.05, 0.1) is 18.1 Å². The van der Waals surface area contributed by atoms with Gasteiger partial charge in [-0.2, -0.15) is 8.42 Å². The molecule has 0 spiro atoms. The van der Waals surface area contributed by atoms with Crippen molar-refractivity contribution >= 4 is 10.1 Å². The average molecular weight is 493 g/mol. The van der Waals surface area contributed by atoms with Crippen molar-refractivity contribution < 1.29 is 22.1 Å². The zero-order chi connectivity index (χ0) is 25.6. The van der Waals surface area contributed by atoms with Crippen molar-refractivity contribution in [3.63, 3.8) is 0 Å². The minimum Gasteiger partial charge on any atom is -0.384 e. The molecule has 6 heteroatoms. The Bertz CT molecular complexity index is 891. The second-order valence-corrected chi connectivity index (χ2v) is 10.6. The van der Waals surface area contributed by atoms with E-state index in [1.807, 2.05) is 12.1 Å². The van der Waals surface area contributed by atoms with Crippen LogP contribution in [0.3, 0.4) is 0 Å². The van der Waals surface area contributed by atoms with E-state index in [4.69, 9.17) is 13.7 Å². The van der Waals surface area contributed by atoms with Gasteiger partial charge in [-0.25, -0.2) is 0 Å². The monoisotopic (exact) mass is 492 g/mol. The lowest BCUT2D eigenvalue weighted by Crippen LogP contribution is -2.10. The predicted octanol–water partition coefficient (Wildman–Crippen LogP) is 6.58. The molecule has 0 N–H and O–H groups in total. The molecule has 0 aliphatic carbocycles. The summed E-state index contributed by atoms with van der Waals surface area (Å²) in [7, 11) is -0.398. The third-order valence-electron chi connectivity index (χ3n) is 6.07. The van der Waals surface area contributed by atoms with Crippen molar-refractivity contribution in [2.24, 2.45) is 5.92 Å². The summed E-state index contributed by atoms with van der Waals surface area (Å²) in [5, 5.41) is 0. The molecule has 5 nitrogen and oxygen atoms in total. The lowest BCUT2D eigenvalue weighted by Gasteiger charge is -2.12. The van der Waals surface area contributed by atoms with E-state index in [0.717, 1.165) is 25.0 Å². The third-order valence-corrected chi connectivity index (χ3v) is 7.40. The van der Waals surface area contributed by atoms with Crippen molar-refractivity contribution in [3.8, 4) is 0 Å². The van der Waals surface area contributed by atoms with Crippen LogP contribution in [0.15, 0.2) is 53.4 Å². The van der Waals surface area contributed by atoms with Crippen LogP contribution in [-0.2, 0) is 30.2 Å². The molecule has 2 aromatic carbocycles. The normalized spacial score (nSPS) is 14.1. The first-order valence-corrected chi connectivity index (χ1v) is 13.6. The molecule has 0 saturated heterocycles. The van der Waals surface area contributed by atoms with E-state index < -0.39 is 10.1 Å². The Labute approximate surface area is 208 Å². The van der Waals surface area contributed by atoms with Gasteiger partial charge in [-0.15, -0.1) is 0 Å². The van der Waals surface area contributed by atoms with E-state index in [-0.39, 0.29) is 18.1 Å². The minimum absolute atomic E-state index is 0.0337. The fourth-order valence-corrected chi connectivity index (χ4v) is 4.35. The second-order valence-electron chi connectivity index (χ2n) is 8.96. The fourth-order valence-electron chi connectivity index (χ4n) is 3.46. The van der Waals surface area contributed by atoms with Crippen molar-refractivity contribution in [2.45, 2.75) is 70.6 Å². The summed E-state index contributed by atoms with van der Waals surface area (Å²) in [6, 6.07) is 15.9. The molecule has 0 aromatic heterocycles. The number of hydrogen-bond donors (Lipinski definition) is 0. The molecule has 3 atom stereocenters. The van der Waals surface area contributed by atoms with Crippen LogP contribution in [-0.4, -0.2) is 42.5 Å². The summed E-state index contributed by atoms with van der Waals surface area (Å²) in [6.07, 6.45) is 3.34. The molecular formula is C28H44O5S. The van der Waals surface area contributed by atoms with Crippen LogP contribution >= 0.6 is 0 Å². The molecule has 34 heavy (non-hydrogen) atoms. The Morgan fingerprint density at radius 1 is 0.735 bits per heavy atom. The molecule has 0 aliphatic rings. The molecule has 0 amide bonds. The van der Waals surface area contributed by atoms with Crippen molar-refractivity contribution in [2.75, 3.05) is 34.0 Å². The molecule has 0 radical (unpaired) electrons. The Morgan fingerprint density at radius 3 is 1.68 bits per heavy atom. The molecule has 0 heterocycles.